The minimum atomic E-state index is -0.608. The molecule has 6 nitrogen and oxygen atoms in total. The number of carbonyl (C=O) groups is 2. The van der Waals surface area contributed by atoms with E-state index in [0.29, 0.717) is 11.6 Å². The molecule has 31 heavy (non-hydrogen) atoms. The lowest BCUT2D eigenvalue weighted by molar-refractivity contribution is -0.125. The SMILES string of the molecule is CC1CCC[C@H](Cn2nc(C(=O)NC(C(=O)NC3CC3)C(C)(C)C)c3ccccc32)C1. The Balaban J connectivity index is 1.57. The summed E-state index contributed by atoms with van der Waals surface area (Å²) in [5, 5.41) is 11.6. The maximum Gasteiger partial charge on any atom is 0.273 e. The highest BCUT2D eigenvalue weighted by atomic mass is 16.2. The van der Waals surface area contributed by atoms with E-state index in [1.807, 2.05) is 49.7 Å². The molecule has 0 bridgehead atoms. The molecule has 3 atom stereocenters. The van der Waals surface area contributed by atoms with Crippen LogP contribution in [-0.2, 0) is 11.3 Å². The second-order valence-corrected chi connectivity index (χ2v) is 10.7. The predicted octanol–water partition coefficient (Wildman–Crippen LogP) is 4.29. The van der Waals surface area contributed by atoms with Crippen molar-refractivity contribution < 1.29 is 9.59 Å². The Morgan fingerprint density at radius 3 is 2.58 bits per heavy atom. The van der Waals surface area contributed by atoms with E-state index in [-0.39, 0.29) is 17.9 Å². The van der Waals surface area contributed by atoms with Crippen LogP contribution >= 0.6 is 0 Å². The first-order valence-corrected chi connectivity index (χ1v) is 11.8. The van der Waals surface area contributed by atoms with Crippen molar-refractivity contribution in [2.24, 2.45) is 17.3 Å². The third kappa shape index (κ3) is 5.10. The molecule has 0 saturated heterocycles. The molecule has 168 valence electrons. The van der Waals surface area contributed by atoms with Crippen molar-refractivity contribution in [2.75, 3.05) is 0 Å². The molecule has 1 aromatic heterocycles. The van der Waals surface area contributed by atoms with Crippen molar-refractivity contribution in [3.63, 3.8) is 0 Å². The first kappa shape index (κ1) is 21.8. The Morgan fingerprint density at radius 1 is 1.16 bits per heavy atom. The highest BCUT2D eigenvalue weighted by Gasteiger charge is 2.36. The lowest BCUT2D eigenvalue weighted by Crippen LogP contribution is -2.54. The van der Waals surface area contributed by atoms with Gasteiger partial charge in [0.15, 0.2) is 5.69 Å². The van der Waals surface area contributed by atoms with E-state index in [4.69, 9.17) is 5.10 Å². The van der Waals surface area contributed by atoms with Crippen LogP contribution in [0.25, 0.3) is 10.9 Å². The summed E-state index contributed by atoms with van der Waals surface area (Å²) in [5.41, 5.74) is 0.999. The maximum absolute atomic E-state index is 13.3. The molecule has 2 aromatic rings. The molecular weight excluding hydrogens is 388 g/mol. The normalized spacial score (nSPS) is 22.8. The molecule has 1 heterocycles. The molecule has 4 rings (SSSR count). The molecule has 1 aromatic carbocycles. The van der Waals surface area contributed by atoms with E-state index < -0.39 is 11.5 Å². The van der Waals surface area contributed by atoms with E-state index in [1.165, 1.54) is 25.7 Å². The standard InChI is InChI=1S/C25H36N4O2/c1-16-8-7-9-17(14-16)15-29-20-11-6-5-10-19(20)21(28-29)23(30)27-22(25(2,3)4)24(31)26-18-12-13-18/h5-6,10-11,16-18,22H,7-9,12-15H2,1-4H3,(H,26,31)(H,27,30)/t16?,17-,22?/m0/s1. The summed E-state index contributed by atoms with van der Waals surface area (Å²) < 4.78 is 2.00. The molecule has 0 spiro atoms. The summed E-state index contributed by atoms with van der Waals surface area (Å²) in [5.74, 6) is 0.955. The number of nitrogens with zero attached hydrogens (tertiary/aromatic N) is 2. The summed E-state index contributed by atoms with van der Waals surface area (Å²) in [6, 6.07) is 7.57. The van der Waals surface area contributed by atoms with Crippen molar-refractivity contribution in [3.05, 3.63) is 30.0 Å². The summed E-state index contributed by atoms with van der Waals surface area (Å²) in [6.07, 6.45) is 7.04. The fourth-order valence-corrected chi connectivity index (χ4v) is 4.79. The molecule has 2 saturated carbocycles. The fraction of sp³-hybridized carbons (Fsp3) is 0.640. The minimum absolute atomic E-state index is 0.108. The van der Waals surface area contributed by atoms with E-state index >= 15 is 0 Å². The van der Waals surface area contributed by atoms with Gasteiger partial charge < -0.3 is 10.6 Å². The zero-order valence-electron chi connectivity index (χ0n) is 19.3. The first-order chi connectivity index (χ1) is 14.7. The van der Waals surface area contributed by atoms with Gasteiger partial charge in [0.2, 0.25) is 5.91 Å². The highest BCUT2D eigenvalue weighted by molar-refractivity contribution is 6.06. The lowest BCUT2D eigenvalue weighted by Gasteiger charge is -2.30. The van der Waals surface area contributed by atoms with Crippen LogP contribution < -0.4 is 10.6 Å². The van der Waals surface area contributed by atoms with Gasteiger partial charge in [0, 0.05) is 18.0 Å². The molecular formula is C25H36N4O2. The largest absolute Gasteiger partial charge is 0.352 e. The average molecular weight is 425 g/mol. The van der Waals surface area contributed by atoms with Gasteiger partial charge in [0.25, 0.3) is 5.91 Å². The number of aromatic nitrogens is 2. The second-order valence-electron chi connectivity index (χ2n) is 10.7. The van der Waals surface area contributed by atoms with E-state index in [9.17, 15) is 9.59 Å². The molecule has 2 fully saturated rings. The van der Waals surface area contributed by atoms with Crippen molar-refractivity contribution in [1.82, 2.24) is 20.4 Å². The van der Waals surface area contributed by atoms with E-state index in [2.05, 4.69) is 17.6 Å². The van der Waals surface area contributed by atoms with Gasteiger partial charge >= 0.3 is 0 Å². The Kier molecular flexibility index (Phi) is 6.09. The number of rotatable bonds is 6. The summed E-state index contributed by atoms with van der Waals surface area (Å²) in [4.78, 5) is 26.1. The lowest BCUT2D eigenvalue weighted by atomic mass is 9.82. The number of fused-ring (bicyclic) bond motifs is 1. The smallest absolute Gasteiger partial charge is 0.273 e. The number of para-hydroxylation sites is 1. The van der Waals surface area contributed by atoms with E-state index in [1.54, 1.807) is 0 Å². The minimum Gasteiger partial charge on any atom is -0.352 e. The molecule has 2 aliphatic rings. The van der Waals surface area contributed by atoms with Crippen molar-refractivity contribution in [3.8, 4) is 0 Å². The topological polar surface area (TPSA) is 76.0 Å². The van der Waals surface area contributed by atoms with Gasteiger partial charge in [-0.2, -0.15) is 5.10 Å². The number of benzene rings is 1. The zero-order valence-corrected chi connectivity index (χ0v) is 19.3. The molecule has 6 heteroatoms. The van der Waals surface area contributed by atoms with Crippen molar-refractivity contribution in [1.29, 1.82) is 0 Å². The van der Waals surface area contributed by atoms with Gasteiger partial charge in [0.1, 0.15) is 6.04 Å². The summed E-state index contributed by atoms with van der Waals surface area (Å²) in [6.45, 7) is 9.09. The van der Waals surface area contributed by atoms with Crippen LogP contribution in [-0.4, -0.2) is 33.7 Å². The van der Waals surface area contributed by atoms with Gasteiger partial charge in [-0.3, -0.25) is 14.3 Å². The van der Waals surface area contributed by atoms with Crippen molar-refractivity contribution >= 4 is 22.7 Å². The number of carbonyl (C=O) groups excluding carboxylic acids is 2. The van der Waals surface area contributed by atoms with Crippen LogP contribution in [0.2, 0.25) is 0 Å². The second kappa shape index (κ2) is 8.64. The Labute approximate surface area is 185 Å². The van der Waals surface area contributed by atoms with Gasteiger partial charge in [-0.1, -0.05) is 58.7 Å². The maximum atomic E-state index is 13.3. The van der Waals surface area contributed by atoms with Gasteiger partial charge in [-0.25, -0.2) is 0 Å². The van der Waals surface area contributed by atoms with Gasteiger partial charge in [-0.05, 0) is 49.0 Å². The van der Waals surface area contributed by atoms with Crippen LogP contribution in [0.1, 0.15) is 76.7 Å². The number of amides is 2. The Bertz CT molecular complexity index is 954. The van der Waals surface area contributed by atoms with Crippen LogP contribution in [0.15, 0.2) is 24.3 Å². The Hall–Kier alpha value is -2.37. The average Bonchev–Trinajstić information content (AvgIpc) is 3.45. The van der Waals surface area contributed by atoms with Gasteiger partial charge in [0.05, 0.1) is 5.52 Å². The Morgan fingerprint density at radius 2 is 1.90 bits per heavy atom. The summed E-state index contributed by atoms with van der Waals surface area (Å²) in [7, 11) is 0. The summed E-state index contributed by atoms with van der Waals surface area (Å²) >= 11 is 0. The monoisotopic (exact) mass is 424 g/mol. The third-order valence-electron chi connectivity index (χ3n) is 6.68. The molecule has 2 unspecified atom stereocenters. The quantitative estimate of drug-likeness (QED) is 0.726. The van der Waals surface area contributed by atoms with Crippen LogP contribution in [0, 0.1) is 17.3 Å². The van der Waals surface area contributed by atoms with E-state index in [0.717, 1.165) is 36.2 Å². The van der Waals surface area contributed by atoms with Crippen LogP contribution in [0.4, 0.5) is 0 Å². The molecule has 2 aliphatic carbocycles. The van der Waals surface area contributed by atoms with Crippen LogP contribution in [0.3, 0.4) is 0 Å². The van der Waals surface area contributed by atoms with Crippen molar-refractivity contribution in [2.45, 2.75) is 84.8 Å². The highest BCUT2D eigenvalue weighted by Crippen LogP contribution is 2.31. The van der Waals surface area contributed by atoms with Gasteiger partial charge in [-0.15, -0.1) is 0 Å². The molecule has 0 radical (unpaired) electrons. The number of nitrogens with one attached hydrogen (secondary N) is 2. The predicted molar refractivity (Wildman–Crippen MR) is 123 cm³/mol. The fourth-order valence-electron chi connectivity index (χ4n) is 4.79. The molecule has 0 aliphatic heterocycles. The third-order valence-corrected chi connectivity index (χ3v) is 6.68. The van der Waals surface area contributed by atoms with Crippen LogP contribution in [0.5, 0.6) is 0 Å². The molecule has 2 amide bonds. The number of hydrogen-bond donors (Lipinski definition) is 2. The molecule has 2 N–H and O–H groups in total. The zero-order chi connectivity index (χ0) is 22.2. The number of hydrogen-bond acceptors (Lipinski definition) is 3. The first-order valence-electron chi connectivity index (χ1n) is 11.8.